The molecule has 1 heterocycles. The molecule has 0 bridgehead atoms. The molecule has 0 aliphatic carbocycles. The number of hydrogen-bond donors (Lipinski definition) is 2. The number of carbonyl (C=O) groups excluding carboxylic acids is 3. The van der Waals surface area contributed by atoms with E-state index in [1.54, 1.807) is 36.1 Å². The second kappa shape index (κ2) is 10.1. The molecule has 0 unspecified atom stereocenters. The Morgan fingerprint density at radius 3 is 2.59 bits per heavy atom. The highest BCUT2D eigenvalue weighted by Gasteiger charge is 2.28. The maximum absolute atomic E-state index is 13.4. The SMILES string of the molecule is Cc1cc(OCC(F)F)ccc1C(=O)N1CCN(C(=O)NCC(N)=O)Cc2ccccc21. The number of benzene rings is 2. The van der Waals surface area contributed by atoms with Crippen LogP contribution < -0.4 is 20.7 Å². The Morgan fingerprint density at radius 2 is 1.91 bits per heavy atom. The molecule has 0 fully saturated rings. The lowest BCUT2D eigenvalue weighted by Gasteiger charge is -2.24. The molecule has 0 saturated carbocycles. The van der Waals surface area contributed by atoms with E-state index in [1.165, 1.54) is 11.0 Å². The van der Waals surface area contributed by atoms with Crippen molar-refractivity contribution in [3.63, 3.8) is 0 Å². The molecular formula is C22H24F2N4O4. The fraction of sp³-hybridized carbons (Fsp3) is 0.318. The van der Waals surface area contributed by atoms with Gasteiger partial charge in [0.25, 0.3) is 12.3 Å². The first kappa shape index (κ1) is 23.0. The molecule has 0 radical (unpaired) electrons. The van der Waals surface area contributed by atoms with E-state index in [2.05, 4.69) is 5.32 Å². The average molecular weight is 446 g/mol. The third-order valence-electron chi connectivity index (χ3n) is 4.99. The first-order valence-corrected chi connectivity index (χ1v) is 9.98. The van der Waals surface area contributed by atoms with Crippen molar-refractivity contribution in [2.75, 3.05) is 31.1 Å². The summed E-state index contributed by atoms with van der Waals surface area (Å²) in [5, 5.41) is 2.46. The Hall–Kier alpha value is -3.69. The number of para-hydroxylation sites is 1. The van der Waals surface area contributed by atoms with Gasteiger partial charge in [0.1, 0.15) is 12.4 Å². The van der Waals surface area contributed by atoms with Crippen LogP contribution in [0.4, 0.5) is 19.3 Å². The van der Waals surface area contributed by atoms with Crippen molar-refractivity contribution in [3.8, 4) is 5.75 Å². The Balaban J connectivity index is 1.82. The van der Waals surface area contributed by atoms with Gasteiger partial charge in [0, 0.05) is 30.9 Å². The van der Waals surface area contributed by atoms with Crippen LogP contribution in [0, 0.1) is 6.92 Å². The Morgan fingerprint density at radius 1 is 1.16 bits per heavy atom. The fourth-order valence-corrected chi connectivity index (χ4v) is 3.46. The summed E-state index contributed by atoms with van der Waals surface area (Å²) in [6.45, 7) is 1.42. The number of anilines is 1. The number of carbonyl (C=O) groups is 3. The normalized spacial score (nSPS) is 13.4. The number of fused-ring (bicyclic) bond motifs is 1. The van der Waals surface area contributed by atoms with Crippen LogP contribution in [0.2, 0.25) is 0 Å². The predicted octanol–water partition coefficient (Wildman–Crippen LogP) is 2.30. The van der Waals surface area contributed by atoms with E-state index in [9.17, 15) is 23.2 Å². The van der Waals surface area contributed by atoms with Gasteiger partial charge >= 0.3 is 6.03 Å². The van der Waals surface area contributed by atoms with Crippen LogP contribution in [0.15, 0.2) is 42.5 Å². The number of ether oxygens (including phenoxy) is 1. The second-order valence-corrected chi connectivity index (χ2v) is 7.31. The molecule has 10 heteroatoms. The molecular weight excluding hydrogens is 422 g/mol. The topological polar surface area (TPSA) is 105 Å². The largest absolute Gasteiger partial charge is 0.488 e. The van der Waals surface area contributed by atoms with E-state index in [1.807, 2.05) is 12.1 Å². The third-order valence-corrected chi connectivity index (χ3v) is 4.99. The minimum Gasteiger partial charge on any atom is -0.488 e. The van der Waals surface area contributed by atoms with Crippen LogP contribution in [0.1, 0.15) is 21.5 Å². The van der Waals surface area contributed by atoms with E-state index in [-0.39, 0.29) is 37.8 Å². The zero-order chi connectivity index (χ0) is 23.3. The first-order valence-electron chi connectivity index (χ1n) is 9.98. The minimum absolute atomic E-state index is 0.225. The van der Waals surface area contributed by atoms with Crippen LogP contribution in [-0.2, 0) is 11.3 Å². The monoisotopic (exact) mass is 446 g/mol. The molecule has 1 aliphatic rings. The molecule has 2 aromatic carbocycles. The van der Waals surface area contributed by atoms with Gasteiger partial charge in [0.05, 0.1) is 6.54 Å². The Bertz CT molecular complexity index is 1020. The smallest absolute Gasteiger partial charge is 0.318 e. The Labute approximate surface area is 183 Å². The zero-order valence-corrected chi connectivity index (χ0v) is 17.5. The van der Waals surface area contributed by atoms with Gasteiger partial charge in [-0.25, -0.2) is 13.6 Å². The molecule has 0 atom stereocenters. The quantitative estimate of drug-likeness (QED) is 0.710. The van der Waals surface area contributed by atoms with E-state index < -0.39 is 25.0 Å². The fourth-order valence-electron chi connectivity index (χ4n) is 3.46. The molecule has 1 aliphatic heterocycles. The lowest BCUT2D eigenvalue weighted by molar-refractivity contribution is -0.117. The molecule has 0 saturated heterocycles. The van der Waals surface area contributed by atoms with Crippen LogP contribution in [-0.4, -0.2) is 55.4 Å². The van der Waals surface area contributed by atoms with Gasteiger partial charge in [-0.05, 0) is 42.3 Å². The number of rotatable bonds is 6. The van der Waals surface area contributed by atoms with Gasteiger partial charge in [-0.1, -0.05) is 18.2 Å². The summed E-state index contributed by atoms with van der Waals surface area (Å²) >= 11 is 0. The molecule has 2 aromatic rings. The highest BCUT2D eigenvalue weighted by atomic mass is 19.3. The summed E-state index contributed by atoms with van der Waals surface area (Å²) < 4.78 is 29.8. The summed E-state index contributed by atoms with van der Waals surface area (Å²) in [4.78, 5) is 39.9. The molecule has 3 N–H and O–H groups in total. The van der Waals surface area contributed by atoms with Crippen molar-refractivity contribution in [2.45, 2.75) is 19.9 Å². The van der Waals surface area contributed by atoms with Gasteiger partial charge in [-0.15, -0.1) is 0 Å². The summed E-state index contributed by atoms with van der Waals surface area (Å²) in [5.74, 6) is -0.676. The number of nitrogens with zero attached hydrogens (tertiary/aromatic N) is 2. The van der Waals surface area contributed by atoms with Crippen LogP contribution in [0.5, 0.6) is 5.75 Å². The molecule has 32 heavy (non-hydrogen) atoms. The molecule has 3 rings (SSSR count). The molecule has 8 nitrogen and oxygen atoms in total. The first-order chi connectivity index (χ1) is 15.3. The lowest BCUT2D eigenvalue weighted by atomic mass is 10.1. The van der Waals surface area contributed by atoms with Gasteiger partial charge in [0.2, 0.25) is 5.91 Å². The van der Waals surface area contributed by atoms with Crippen LogP contribution in [0.25, 0.3) is 0 Å². The predicted molar refractivity (Wildman–Crippen MR) is 114 cm³/mol. The number of halogens is 2. The number of primary amides is 1. The molecule has 170 valence electrons. The number of urea groups is 1. The number of hydrogen-bond acceptors (Lipinski definition) is 4. The lowest BCUT2D eigenvalue weighted by Crippen LogP contribution is -2.45. The van der Waals surface area contributed by atoms with Gasteiger partial charge in [-0.2, -0.15) is 0 Å². The molecule has 0 spiro atoms. The van der Waals surface area contributed by atoms with E-state index in [0.717, 1.165) is 5.56 Å². The summed E-state index contributed by atoms with van der Waals surface area (Å²) in [6, 6.07) is 11.4. The standard InChI is InChI=1S/C22H24F2N4O4/c1-14-10-16(32-13-19(23)24)6-7-17(14)21(30)28-9-8-27(22(31)26-11-20(25)29)12-15-4-2-3-5-18(15)28/h2-7,10,19H,8-9,11-13H2,1H3,(H2,25,29)(H,26,31). The van der Waals surface area contributed by atoms with Gasteiger partial charge in [0.15, 0.2) is 0 Å². The zero-order valence-electron chi connectivity index (χ0n) is 17.5. The highest BCUT2D eigenvalue weighted by Crippen LogP contribution is 2.28. The summed E-state index contributed by atoms with van der Waals surface area (Å²) in [7, 11) is 0. The number of amides is 4. The average Bonchev–Trinajstić information content (AvgIpc) is 2.95. The summed E-state index contributed by atoms with van der Waals surface area (Å²) in [6.07, 6.45) is -2.59. The summed E-state index contributed by atoms with van der Waals surface area (Å²) in [5.41, 5.74) is 7.51. The van der Waals surface area contributed by atoms with Crippen LogP contribution >= 0.6 is 0 Å². The maximum Gasteiger partial charge on any atom is 0.318 e. The molecule has 0 aromatic heterocycles. The Kier molecular flexibility index (Phi) is 7.24. The van der Waals surface area contributed by atoms with E-state index in [4.69, 9.17) is 10.5 Å². The molecule has 4 amide bonds. The van der Waals surface area contributed by atoms with Crippen molar-refractivity contribution in [2.24, 2.45) is 5.73 Å². The number of aryl methyl sites for hydroxylation is 1. The van der Waals surface area contributed by atoms with Gasteiger partial charge < -0.3 is 25.6 Å². The van der Waals surface area contributed by atoms with Crippen molar-refractivity contribution in [3.05, 3.63) is 59.2 Å². The minimum atomic E-state index is -2.59. The maximum atomic E-state index is 13.4. The van der Waals surface area contributed by atoms with Crippen molar-refractivity contribution in [1.82, 2.24) is 10.2 Å². The second-order valence-electron chi connectivity index (χ2n) is 7.31. The third kappa shape index (κ3) is 5.51. The van der Waals surface area contributed by atoms with E-state index >= 15 is 0 Å². The van der Waals surface area contributed by atoms with Crippen molar-refractivity contribution < 1.29 is 27.9 Å². The highest BCUT2D eigenvalue weighted by molar-refractivity contribution is 6.07. The van der Waals surface area contributed by atoms with Gasteiger partial charge in [-0.3, -0.25) is 9.59 Å². The number of alkyl halides is 2. The van der Waals surface area contributed by atoms with Crippen molar-refractivity contribution in [1.29, 1.82) is 0 Å². The van der Waals surface area contributed by atoms with Crippen LogP contribution in [0.3, 0.4) is 0 Å². The number of nitrogens with one attached hydrogen (secondary N) is 1. The van der Waals surface area contributed by atoms with Crippen molar-refractivity contribution >= 4 is 23.5 Å². The number of nitrogens with two attached hydrogens (primary N) is 1. The van der Waals surface area contributed by atoms with E-state index in [0.29, 0.717) is 16.8 Å².